The third-order valence-electron chi connectivity index (χ3n) is 5.48. The Morgan fingerprint density at radius 3 is 3.00 bits per heavy atom. The van der Waals surface area contributed by atoms with E-state index in [1.54, 1.807) is 13.2 Å². The van der Waals surface area contributed by atoms with Crippen LogP contribution in [0.4, 0.5) is 0 Å². The van der Waals surface area contributed by atoms with E-state index in [0.29, 0.717) is 17.9 Å². The first-order valence-electron chi connectivity index (χ1n) is 8.98. The second-order valence-corrected chi connectivity index (χ2v) is 7.18. The molecule has 1 amide bonds. The van der Waals surface area contributed by atoms with Gasteiger partial charge >= 0.3 is 0 Å². The Bertz CT molecular complexity index is 759. The van der Waals surface area contributed by atoms with E-state index in [1.165, 1.54) is 6.42 Å². The molecular weight excluding hydrogens is 316 g/mol. The van der Waals surface area contributed by atoms with Crippen molar-refractivity contribution in [1.82, 2.24) is 20.2 Å². The van der Waals surface area contributed by atoms with Crippen molar-refractivity contribution in [3.05, 3.63) is 36.0 Å². The minimum Gasteiger partial charge on any atom is -0.463 e. The van der Waals surface area contributed by atoms with Gasteiger partial charge in [-0.25, -0.2) is 9.97 Å². The summed E-state index contributed by atoms with van der Waals surface area (Å²) in [5, 5.41) is 2.97. The zero-order valence-electron chi connectivity index (χ0n) is 14.7. The predicted molar refractivity (Wildman–Crippen MR) is 94.0 cm³/mol. The topological polar surface area (TPSA) is 71.3 Å². The van der Waals surface area contributed by atoms with Crippen LogP contribution in [0, 0.1) is 12.8 Å². The first kappa shape index (κ1) is 16.3. The second-order valence-electron chi connectivity index (χ2n) is 7.18. The molecule has 3 saturated heterocycles. The van der Waals surface area contributed by atoms with Gasteiger partial charge in [-0.15, -0.1) is 0 Å². The molecule has 25 heavy (non-hydrogen) atoms. The first-order chi connectivity index (χ1) is 12.1. The zero-order valence-corrected chi connectivity index (χ0v) is 14.7. The molecule has 2 bridgehead atoms. The normalized spacial score (nSPS) is 28.1. The van der Waals surface area contributed by atoms with E-state index in [9.17, 15) is 4.79 Å². The van der Waals surface area contributed by atoms with Crippen molar-refractivity contribution < 1.29 is 9.21 Å². The lowest BCUT2D eigenvalue weighted by Gasteiger charge is -2.49. The van der Waals surface area contributed by atoms with Gasteiger partial charge in [-0.3, -0.25) is 9.69 Å². The Labute approximate surface area is 147 Å². The second kappa shape index (κ2) is 6.59. The Morgan fingerprint density at radius 1 is 1.44 bits per heavy atom. The van der Waals surface area contributed by atoms with Crippen LogP contribution < -0.4 is 5.32 Å². The van der Waals surface area contributed by atoms with Gasteiger partial charge in [0.15, 0.2) is 5.76 Å². The summed E-state index contributed by atoms with van der Waals surface area (Å²) < 4.78 is 5.51. The van der Waals surface area contributed by atoms with E-state index in [2.05, 4.69) is 21.3 Å². The molecule has 0 radical (unpaired) electrons. The first-order valence-corrected chi connectivity index (χ1v) is 8.98. The molecule has 6 nitrogen and oxygen atoms in total. The number of aryl methyl sites for hydroxylation is 1. The highest BCUT2D eigenvalue weighted by Gasteiger charge is 2.41. The van der Waals surface area contributed by atoms with Crippen LogP contribution in [0.1, 0.15) is 37.2 Å². The van der Waals surface area contributed by atoms with Crippen molar-refractivity contribution in [3.8, 4) is 11.5 Å². The molecule has 3 fully saturated rings. The fraction of sp³-hybridized carbons (Fsp3) is 0.526. The summed E-state index contributed by atoms with van der Waals surface area (Å²) in [6.07, 6.45) is 3.98. The molecule has 2 aromatic rings. The maximum absolute atomic E-state index is 11.2. The van der Waals surface area contributed by atoms with Crippen LogP contribution in [0.15, 0.2) is 28.9 Å². The molecule has 5 rings (SSSR count). The minimum absolute atomic E-state index is 0.0497. The van der Waals surface area contributed by atoms with Gasteiger partial charge in [0.05, 0.1) is 6.26 Å². The third kappa shape index (κ3) is 3.31. The maximum Gasteiger partial charge on any atom is 0.216 e. The molecule has 2 aromatic heterocycles. The number of hydrogen-bond acceptors (Lipinski definition) is 5. The number of nitrogens with one attached hydrogen (secondary N) is 1. The number of hydrogen-bond donors (Lipinski definition) is 1. The summed E-state index contributed by atoms with van der Waals surface area (Å²) in [7, 11) is 0. The number of carbonyl (C=O) groups excluding carboxylic acids is 1. The highest BCUT2D eigenvalue weighted by Crippen LogP contribution is 2.41. The van der Waals surface area contributed by atoms with Gasteiger partial charge < -0.3 is 9.73 Å². The molecule has 3 aliphatic heterocycles. The van der Waals surface area contributed by atoms with Crippen molar-refractivity contribution >= 4 is 5.91 Å². The highest BCUT2D eigenvalue weighted by atomic mass is 16.3. The van der Waals surface area contributed by atoms with Crippen LogP contribution in [0.5, 0.6) is 0 Å². The average molecular weight is 340 g/mol. The predicted octanol–water partition coefficient (Wildman–Crippen LogP) is 2.36. The average Bonchev–Trinajstić information content (AvgIpc) is 3.14. The Kier molecular flexibility index (Phi) is 4.29. The molecule has 0 saturated carbocycles. The molecule has 6 heteroatoms. The molecule has 5 heterocycles. The standard InChI is InChI=1S/C19H24N4O2/c1-12-21-17(9-18(22-12)19-4-3-7-25-19)16-11-23-6-5-14(16)8-15(23)10-20-13(2)24/h3-4,7,9,14-16H,5-6,8,10-11H2,1-2H3,(H,20,24)/t14-,15+,16-/m0/s1. The summed E-state index contributed by atoms with van der Waals surface area (Å²) >= 11 is 0. The van der Waals surface area contributed by atoms with E-state index in [-0.39, 0.29) is 5.91 Å². The van der Waals surface area contributed by atoms with Crippen LogP contribution in [0.25, 0.3) is 11.5 Å². The molecule has 4 atom stereocenters. The van der Waals surface area contributed by atoms with Crippen molar-refractivity contribution in [2.24, 2.45) is 5.92 Å². The zero-order chi connectivity index (χ0) is 17.4. The van der Waals surface area contributed by atoms with E-state index in [4.69, 9.17) is 9.40 Å². The van der Waals surface area contributed by atoms with Gasteiger partial charge in [0.2, 0.25) is 5.91 Å². The van der Waals surface area contributed by atoms with Gasteiger partial charge in [0.1, 0.15) is 11.5 Å². The molecule has 0 spiro atoms. The Balaban J connectivity index is 1.55. The van der Waals surface area contributed by atoms with E-state index >= 15 is 0 Å². The van der Waals surface area contributed by atoms with Crippen LogP contribution in [0.2, 0.25) is 0 Å². The monoisotopic (exact) mass is 340 g/mol. The maximum atomic E-state index is 11.2. The van der Waals surface area contributed by atoms with Crippen molar-refractivity contribution in [1.29, 1.82) is 0 Å². The van der Waals surface area contributed by atoms with Crippen molar-refractivity contribution in [2.75, 3.05) is 19.6 Å². The Morgan fingerprint density at radius 2 is 2.32 bits per heavy atom. The fourth-order valence-electron chi connectivity index (χ4n) is 4.28. The lowest BCUT2D eigenvalue weighted by molar-refractivity contribution is -0.119. The molecule has 1 unspecified atom stereocenters. The number of aromatic nitrogens is 2. The van der Waals surface area contributed by atoms with Gasteiger partial charge in [-0.1, -0.05) is 0 Å². The third-order valence-corrected chi connectivity index (χ3v) is 5.48. The van der Waals surface area contributed by atoms with Crippen LogP contribution in [0.3, 0.4) is 0 Å². The van der Waals surface area contributed by atoms with Crippen LogP contribution in [-0.4, -0.2) is 46.5 Å². The number of nitrogens with zero attached hydrogens (tertiary/aromatic N) is 3. The SMILES string of the molecule is CC(=O)NC[C@H]1C[C@@H]2CCN1C[C@@H]2c1cc(-c2ccco2)nc(C)n1. The van der Waals surface area contributed by atoms with E-state index in [0.717, 1.165) is 49.0 Å². The van der Waals surface area contributed by atoms with Crippen LogP contribution in [-0.2, 0) is 4.79 Å². The molecular formula is C19H24N4O2. The summed E-state index contributed by atoms with van der Waals surface area (Å²) in [4.78, 5) is 23.0. The summed E-state index contributed by atoms with van der Waals surface area (Å²) in [5.74, 6) is 2.67. The Hall–Kier alpha value is -2.21. The lowest BCUT2D eigenvalue weighted by atomic mass is 9.74. The van der Waals surface area contributed by atoms with Gasteiger partial charge in [-0.05, 0) is 50.4 Å². The quantitative estimate of drug-likeness (QED) is 0.925. The minimum atomic E-state index is 0.0497. The van der Waals surface area contributed by atoms with Crippen LogP contribution >= 0.6 is 0 Å². The summed E-state index contributed by atoms with van der Waals surface area (Å²) in [6, 6.07) is 6.35. The number of rotatable bonds is 4. The number of amides is 1. The molecule has 1 N–H and O–H groups in total. The number of furan rings is 1. The van der Waals surface area contributed by atoms with E-state index in [1.807, 2.05) is 19.1 Å². The largest absolute Gasteiger partial charge is 0.463 e. The van der Waals surface area contributed by atoms with Gasteiger partial charge in [-0.2, -0.15) is 0 Å². The number of carbonyl (C=O) groups is 1. The highest BCUT2D eigenvalue weighted by molar-refractivity contribution is 5.72. The molecule has 0 aliphatic carbocycles. The smallest absolute Gasteiger partial charge is 0.216 e. The fourth-order valence-corrected chi connectivity index (χ4v) is 4.28. The molecule has 132 valence electrons. The van der Waals surface area contributed by atoms with E-state index < -0.39 is 0 Å². The number of fused-ring (bicyclic) bond motifs is 3. The molecule has 0 aromatic carbocycles. The van der Waals surface area contributed by atoms with Crippen molar-refractivity contribution in [2.45, 2.75) is 38.6 Å². The van der Waals surface area contributed by atoms with Crippen molar-refractivity contribution in [3.63, 3.8) is 0 Å². The number of piperidine rings is 3. The summed E-state index contributed by atoms with van der Waals surface area (Å²) in [5.41, 5.74) is 1.98. The molecule has 3 aliphatic rings. The lowest BCUT2D eigenvalue weighted by Crippen LogP contribution is -2.56. The summed E-state index contributed by atoms with van der Waals surface area (Å²) in [6.45, 7) is 6.39. The van der Waals surface area contributed by atoms with Gasteiger partial charge in [0, 0.05) is 37.7 Å². The van der Waals surface area contributed by atoms with Gasteiger partial charge in [0.25, 0.3) is 0 Å².